The molecule has 4 amide bonds. The fourth-order valence-corrected chi connectivity index (χ4v) is 4.01. The average molecular weight is 601 g/mol. The third kappa shape index (κ3) is 11.1. The second kappa shape index (κ2) is 16.5. The van der Waals surface area contributed by atoms with E-state index in [2.05, 4.69) is 16.0 Å². The number of non-ortho nitro benzene ring substituents is 2. The second-order valence-electron chi connectivity index (χ2n) is 9.90. The predicted octanol–water partition coefficient (Wildman–Crippen LogP) is -0.296. The number of carbonyl (C=O) groups is 4. The lowest BCUT2D eigenvalue weighted by Crippen LogP contribution is -2.57. The monoisotopic (exact) mass is 600 g/mol. The number of rotatable bonds is 17. The van der Waals surface area contributed by atoms with Gasteiger partial charge in [-0.25, -0.2) is 0 Å². The fourth-order valence-electron chi connectivity index (χ4n) is 4.01. The van der Waals surface area contributed by atoms with Crippen molar-refractivity contribution in [2.24, 2.45) is 17.2 Å². The summed E-state index contributed by atoms with van der Waals surface area (Å²) in [5, 5.41) is 29.4. The van der Waals surface area contributed by atoms with E-state index in [0.29, 0.717) is 36.9 Å². The molecule has 0 aliphatic carbocycles. The molecule has 0 unspecified atom stereocenters. The fraction of sp³-hybridized carbons (Fsp3) is 0.407. The van der Waals surface area contributed by atoms with Gasteiger partial charge in [-0.2, -0.15) is 0 Å². The number of nitrogens with zero attached hydrogens (tertiary/aromatic N) is 2. The van der Waals surface area contributed by atoms with Gasteiger partial charge in [-0.1, -0.05) is 30.7 Å². The molecule has 16 nitrogen and oxygen atoms in total. The van der Waals surface area contributed by atoms with Gasteiger partial charge in [0.05, 0.1) is 15.9 Å². The molecule has 0 aromatic heterocycles. The first-order chi connectivity index (χ1) is 20.3. The average Bonchev–Trinajstić information content (AvgIpc) is 2.96. The summed E-state index contributed by atoms with van der Waals surface area (Å²) in [5.41, 5.74) is 17.6. The van der Waals surface area contributed by atoms with E-state index < -0.39 is 57.6 Å². The highest BCUT2D eigenvalue weighted by Crippen LogP contribution is 2.15. The van der Waals surface area contributed by atoms with Crippen molar-refractivity contribution in [2.45, 2.75) is 63.2 Å². The standard InChI is InChI=1S/C27H36N8O8/c1-16(25(37)32-22(24(30)36)14-17-5-9-19(10-6-17)34(40)41)31-27(39)23(33-26(38)21(29)4-2-3-13-28)15-18-7-11-20(12-8-18)35(42)43/h5-12,16,21-23H,2-4,13-15,28-29H2,1H3,(H2,30,36)(H,31,39)(H,32,37)(H,33,38)/t16-,21-,22-,23-/m0/s1. The van der Waals surface area contributed by atoms with Crippen LogP contribution in [-0.2, 0) is 32.0 Å². The Morgan fingerprint density at radius 3 is 1.65 bits per heavy atom. The molecular formula is C27H36N8O8. The molecule has 0 aliphatic heterocycles. The van der Waals surface area contributed by atoms with Crippen LogP contribution in [0.3, 0.4) is 0 Å². The molecule has 0 aliphatic rings. The van der Waals surface area contributed by atoms with Crippen molar-refractivity contribution in [1.82, 2.24) is 16.0 Å². The van der Waals surface area contributed by atoms with Gasteiger partial charge in [0, 0.05) is 37.1 Å². The lowest BCUT2D eigenvalue weighted by molar-refractivity contribution is -0.385. The normalized spacial score (nSPS) is 13.6. The van der Waals surface area contributed by atoms with E-state index in [1.807, 2.05) is 0 Å². The summed E-state index contributed by atoms with van der Waals surface area (Å²) in [4.78, 5) is 71.6. The smallest absolute Gasteiger partial charge is 0.269 e. The maximum Gasteiger partial charge on any atom is 0.269 e. The van der Waals surface area contributed by atoms with Crippen LogP contribution in [0.1, 0.15) is 37.3 Å². The first-order valence-corrected chi connectivity index (χ1v) is 13.4. The molecule has 0 saturated carbocycles. The Balaban J connectivity index is 2.12. The zero-order chi connectivity index (χ0) is 32.1. The minimum Gasteiger partial charge on any atom is -0.368 e. The molecule has 0 saturated heterocycles. The number of nitrogens with one attached hydrogen (secondary N) is 3. The Labute approximate surface area is 247 Å². The van der Waals surface area contributed by atoms with Crippen molar-refractivity contribution >= 4 is 35.0 Å². The maximum atomic E-state index is 13.2. The number of carbonyl (C=O) groups excluding carboxylic acids is 4. The molecular weight excluding hydrogens is 564 g/mol. The van der Waals surface area contributed by atoms with Crippen molar-refractivity contribution in [3.8, 4) is 0 Å². The zero-order valence-electron chi connectivity index (χ0n) is 23.6. The number of nitro benzene ring substituents is 2. The van der Waals surface area contributed by atoms with Crippen LogP contribution in [0.4, 0.5) is 11.4 Å². The largest absolute Gasteiger partial charge is 0.368 e. The number of primary amides is 1. The zero-order valence-corrected chi connectivity index (χ0v) is 23.6. The number of nitrogens with two attached hydrogens (primary N) is 3. The molecule has 16 heteroatoms. The quantitative estimate of drug-likeness (QED) is 0.0784. The Kier molecular flexibility index (Phi) is 13.1. The van der Waals surface area contributed by atoms with E-state index in [0.717, 1.165) is 0 Å². The molecule has 4 atom stereocenters. The number of unbranched alkanes of at least 4 members (excludes halogenated alkanes) is 1. The number of nitro groups is 2. The van der Waals surface area contributed by atoms with Crippen molar-refractivity contribution in [3.05, 3.63) is 79.9 Å². The molecule has 9 N–H and O–H groups in total. The third-order valence-electron chi connectivity index (χ3n) is 6.52. The Morgan fingerprint density at radius 2 is 1.21 bits per heavy atom. The van der Waals surface area contributed by atoms with E-state index in [4.69, 9.17) is 17.2 Å². The van der Waals surface area contributed by atoms with Gasteiger partial charge in [-0.15, -0.1) is 0 Å². The molecule has 43 heavy (non-hydrogen) atoms. The predicted molar refractivity (Wildman–Crippen MR) is 155 cm³/mol. The maximum absolute atomic E-state index is 13.2. The molecule has 0 bridgehead atoms. The summed E-state index contributed by atoms with van der Waals surface area (Å²) in [7, 11) is 0. The summed E-state index contributed by atoms with van der Waals surface area (Å²) >= 11 is 0. The van der Waals surface area contributed by atoms with Crippen molar-refractivity contribution in [2.75, 3.05) is 6.54 Å². The van der Waals surface area contributed by atoms with Crippen LogP contribution in [0.25, 0.3) is 0 Å². The van der Waals surface area contributed by atoms with Crippen LogP contribution >= 0.6 is 0 Å². The van der Waals surface area contributed by atoms with E-state index in [1.165, 1.54) is 55.5 Å². The van der Waals surface area contributed by atoms with Gasteiger partial charge in [0.1, 0.15) is 18.1 Å². The van der Waals surface area contributed by atoms with Gasteiger partial charge < -0.3 is 33.2 Å². The summed E-state index contributed by atoms with van der Waals surface area (Å²) < 4.78 is 0. The first-order valence-electron chi connectivity index (χ1n) is 13.4. The molecule has 0 spiro atoms. The van der Waals surface area contributed by atoms with Crippen molar-refractivity contribution in [1.29, 1.82) is 0 Å². The van der Waals surface area contributed by atoms with E-state index in [9.17, 15) is 39.4 Å². The highest BCUT2D eigenvalue weighted by molar-refractivity contribution is 5.94. The minimum absolute atomic E-state index is 0.0550. The Hall–Kier alpha value is -4.96. The van der Waals surface area contributed by atoms with Crippen LogP contribution in [0.15, 0.2) is 48.5 Å². The van der Waals surface area contributed by atoms with Crippen molar-refractivity contribution in [3.63, 3.8) is 0 Å². The van der Waals surface area contributed by atoms with E-state index in [-0.39, 0.29) is 24.2 Å². The number of hydrogen-bond acceptors (Lipinski definition) is 10. The first kappa shape index (κ1) is 34.2. The van der Waals surface area contributed by atoms with Gasteiger partial charge in [0.2, 0.25) is 23.6 Å². The summed E-state index contributed by atoms with van der Waals surface area (Å²) in [6.45, 7) is 1.80. The van der Waals surface area contributed by atoms with Crippen LogP contribution in [-0.4, -0.2) is 64.2 Å². The van der Waals surface area contributed by atoms with Crippen LogP contribution in [0.5, 0.6) is 0 Å². The summed E-state index contributed by atoms with van der Waals surface area (Å²) in [6.07, 6.45) is 1.47. The van der Waals surface area contributed by atoms with E-state index in [1.54, 1.807) is 0 Å². The number of hydrogen-bond donors (Lipinski definition) is 6. The van der Waals surface area contributed by atoms with Crippen LogP contribution < -0.4 is 33.2 Å². The Morgan fingerprint density at radius 1 is 0.744 bits per heavy atom. The topological polar surface area (TPSA) is 269 Å². The summed E-state index contributed by atoms with van der Waals surface area (Å²) in [6, 6.07) is 6.28. The molecule has 2 aromatic carbocycles. The molecule has 2 aromatic rings. The molecule has 232 valence electrons. The van der Waals surface area contributed by atoms with Gasteiger partial charge in [-0.05, 0) is 37.4 Å². The second-order valence-corrected chi connectivity index (χ2v) is 9.90. The summed E-state index contributed by atoms with van der Waals surface area (Å²) in [5.74, 6) is -2.96. The van der Waals surface area contributed by atoms with E-state index >= 15 is 0 Å². The highest BCUT2D eigenvalue weighted by atomic mass is 16.6. The number of benzene rings is 2. The number of amides is 4. The van der Waals surface area contributed by atoms with Gasteiger partial charge in [0.25, 0.3) is 11.4 Å². The molecule has 0 radical (unpaired) electrons. The third-order valence-corrected chi connectivity index (χ3v) is 6.52. The lowest BCUT2D eigenvalue weighted by atomic mass is 10.0. The molecule has 0 heterocycles. The van der Waals surface area contributed by atoms with Crippen molar-refractivity contribution < 1.29 is 29.0 Å². The Bertz CT molecular complexity index is 1300. The van der Waals surface area contributed by atoms with Crippen LogP contribution in [0.2, 0.25) is 0 Å². The van der Waals surface area contributed by atoms with Gasteiger partial charge in [0.15, 0.2) is 0 Å². The highest BCUT2D eigenvalue weighted by Gasteiger charge is 2.28. The molecule has 2 rings (SSSR count). The van der Waals surface area contributed by atoms with Gasteiger partial charge in [-0.3, -0.25) is 39.4 Å². The lowest BCUT2D eigenvalue weighted by Gasteiger charge is -2.24. The minimum atomic E-state index is -1.20. The SMILES string of the molecule is C[C@H](NC(=O)[C@H](Cc1ccc([N+](=O)[O-])cc1)NC(=O)[C@@H](N)CCCCN)C(=O)N[C@@H](Cc1ccc([N+](=O)[O-])cc1)C(N)=O. The molecule has 0 fully saturated rings. The van der Waals surface area contributed by atoms with Crippen LogP contribution in [0, 0.1) is 20.2 Å². The van der Waals surface area contributed by atoms with Gasteiger partial charge >= 0.3 is 0 Å².